The minimum atomic E-state index is -0.342. The number of nitriles is 1. The summed E-state index contributed by atoms with van der Waals surface area (Å²) in [5, 5.41) is 12.5. The lowest BCUT2D eigenvalue weighted by Gasteiger charge is -2.21. The van der Waals surface area contributed by atoms with Crippen LogP contribution in [-0.2, 0) is 16.6 Å². The lowest BCUT2D eigenvalue weighted by Crippen LogP contribution is -2.19. The van der Waals surface area contributed by atoms with Crippen molar-refractivity contribution in [2.45, 2.75) is 37.5 Å². The van der Waals surface area contributed by atoms with Crippen LogP contribution in [0.3, 0.4) is 0 Å². The summed E-state index contributed by atoms with van der Waals surface area (Å²) >= 11 is 0. The van der Waals surface area contributed by atoms with E-state index in [1.807, 2.05) is 48.5 Å². The second kappa shape index (κ2) is 7.40. The number of hydrogen-bond donors (Lipinski definition) is 1. The fraction of sp³-hybridized carbons (Fsp3) is 0.333. The number of methoxy groups -OCH3 is 1. The SMILES string of the molecule is COc1ccc(CC(=O)Nc2ccc(C3(C#N)CCCC3)cc2)cc1. The summed E-state index contributed by atoms with van der Waals surface area (Å²) in [5.74, 6) is 0.715. The molecule has 1 fully saturated rings. The van der Waals surface area contributed by atoms with Gasteiger partial charge in [-0.05, 0) is 48.2 Å². The number of hydrogen-bond acceptors (Lipinski definition) is 3. The summed E-state index contributed by atoms with van der Waals surface area (Å²) in [4.78, 5) is 12.2. The molecule has 1 aliphatic rings. The van der Waals surface area contributed by atoms with E-state index < -0.39 is 0 Å². The summed E-state index contributed by atoms with van der Waals surface area (Å²) in [5.41, 5.74) is 2.41. The van der Waals surface area contributed by atoms with E-state index >= 15 is 0 Å². The van der Waals surface area contributed by atoms with Crippen LogP contribution in [0.1, 0.15) is 36.8 Å². The Bertz CT molecular complexity index is 767. The monoisotopic (exact) mass is 334 g/mol. The predicted molar refractivity (Wildman–Crippen MR) is 97.5 cm³/mol. The minimum absolute atomic E-state index is 0.0613. The highest BCUT2D eigenvalue weighted by atomic mass is 16.5. The van der Waals surface area contributed by atoms with Gasteiger partial charge in [-0.3, -0.25) is 4.79 Å². The maximum atomic E-state index is 12.2. The maximum Gasteiger partial charge on any atom is 0.228 e. The zero-order chi connectivity index (χ0) is 17.7. The van der Waals surface area contributed by atoms with E-state index in [1.54, 1.807) is 7.11 Å². The first-order valence-corrected chi connectivity index (χ1v) is 8.60. The molecule has 2 aromatic rings. The molecule has 0 saturated heterocycles. The highest BCUT2D eigenvalue weighted by molar-refractivity contribution is 5.92. The van der Waals surface area contributed by atoms with E-state index in [0.717, 1.165) is 48.2 Å². The van der Waals surface area contributed by atoms with Crippen molar-refractivity contribution in [1.82, 2.24) is 0 Å². The molecule has 0 spiro atoms. The molecule has 3 rings (SSSR count). The van der Waals surface area contributed by atoms with Crippen molar-refractivity contribution in [3.63, 3.8) is 0 Å². The summed E-state index contributed by atoms with van der Waals surface area (Å²) in [7, 11) is 1.62. The molecule has 2 aromatic carbocycles. The standard InChI is InChI=1S/C21H22N2O2/c1-25-19-10-4-16(5-11-19)14-20(24)23-18-8-6-17(7-9-18)21(15-22)12-2-3-13-21/h4-11H,2-3,12-14H2,1H3,(H,23,24). The van der Waals surface area contributed by atoms with Gasteiger partial charge >= 0.3 is 0 Å². The molecule has 0 heterocycles. The Morgan fingerprint density at radius 2 is 1.76 bits per heavy atom. The molecule has 0 aliphatic heterocycles. The molecule has 0 unspecified atom stereocenters. The van der Waals surface area contributed by atoms with Crippen LogP contribution in [0, 0.1) is 11.3 Å². The number of carbonyl (C=O) groups is 1. The lowest BCUT2D eigenvalue weighted by molar-refractivity contribution is -0.115. The second-order valence-electron chi connectivity index (χ2n) is 6.55. The van der Waals surface area contributed by atoms with E-state index in [2.05, 4.69) is 11.4 Å². The highest BCUT2D eigenvalue weighted by Gasteiger charge is 2.35. The number of carbonyl (C=O) groups excluding carboxylic acids is 1. The van der Waals surface area contributed by atoms with Crippen molar-refractivity contribution in [1.29, 1.82) is 5.26 Å². The molecular weight excluding hydrogens is 312 g/mol. The van der Waals surface area contributed by atoms with Crippen LogP contribution in [0.4, 0.5) is 5.69 Å². The molecule has 1 saturated carbocycles. The first kappa shape index (κ1) is 17.0. The maximum absolute atomic E-state index is 12.2. The molecule has 1 aliphatic carbocycles. The Morgan fingerprint density at radius 3 is 2.32 bits per heavy atom. The van der Waals surface area contributed by atoms with Crippen LogP contribution in [0.2, 0.25) is 0 Å². The molecule has 1 amide bonds. The van der Waals surface area contributed by atoms with Crippen LogP contribution < -0.4 is 10.1 Å². The third kappa shape index (κ3) is 3.83. The van der Waals surface area contributed by atoms with Gasteiger partial charge < -0.3 is 10.1 Å². The Labute approximate surface area is 148 Å². The number of nitrogens with zero attached hydrogens (tertiary/aromatic N) is 1. The number of rotatable bonds is 5. The molecule has 0 atom stereocenters. The van der Waals surface area contributed by atoms with Crippen LogP contribution in [0.5, 0.6) is 5.75 Å². The summed E-state index contributed by atoms with van der Waals surface area (Å²) in [6, 6.07) is 17.7. The normalized spacial score (nSPS) is 15.4. The quantitative estimate of drug-likeness (QED) is 0.891. The van der Waals surface area contributed by atoms with E-state index in [-0.39, 0.29) is 11.3 Å². The fourth-order valence-electron chi connectivity index (χ4n) is 3.45. The van der Waals surface area contributed by atoms with Crippen molar-refractivity contribution in [3.05, 3.63) is 59.7 Å². The van der Waals surface area contributed by atoms with Gasteiger partial charge in [0.2, 0.25) is 5.91 Å². The van der Waals surface area contributed by atoms with Gasteiger partial charge in [0.05, 0.1) is 25.0 Å². The van der Waals surface area contributed by atoms with E-state index in [4.69, 9.17) is 4.74 Å². The van der Waals surface area contributed by atoms with Gasteiger partial charge in [-0.1, -0.05) is 37.1 Å². The zero-order valence-electron chi connectivity index (χ0n) is 14.4. The van der Waals surface area contributed by atoms with Gasteiger partial charge in [0.15, 0.2) is 0 Å². The topological polar surface area (TPSA) is 62.1 Å². The molecule has 0 bridgehead atoms. The second-order valence-corrected chi connectivity index (χ2v) is 6.55. The molecular formula is C21H22N2O2. The van der Waals surface area contributed by atoms with Crippen molar-refractivity contribution < 1.29 is 9.53 Å². The average Bonchev–Trinajstić information content (AvgIpc) is 3.13. The smallest absolute Gasteiger partial charge is 0.228 e. The van der Waals surface area contributed by atoms with E-state index in [9.17, 15) is 10.1 Å². The van der Waals surface area contributed by atoms with Crippen molar-refractivity contribution in [2.24, 2.45) is 0 Å². The number of ether oxygens (including phenoxy) is 1. The third-order valence-corrected chi connectivity index (χ3v) is 4.92. The number of benzene rings is 2. The van der Waals surface area contributed by atoms with Crippen molar-refractivity contribution in [2.75, 3.05) is 12.4 Å². The molecule has 25 heavy (non-hydrogen) atoms. The van der Waals surface area contributed by atoms with Crippen LogP contribution >= 0.6 is 0 Å². The van der Waals surface area contributed by atoms with Gasteiger partial charge in [0, 0.05) is 5.69 Å². The Hall–Kier alpha value is -2.80. The zero-order valence-corrected chi connectivity index (χ0v) is 14.4. The van der Waals surface area contributed by atoms with Crippen LogP contribution in [0.25, 0.3) is 0 Å². The molecule has 1 N–H and O–H groups in total. The minimum Gasteiger partial charge on any atom is -0.497 e. The molecule has 4 heteroatoms. The van der Waals surface area contributed by atoms with Crippen molar-refractivity contribution in [3.8, 4) is 11.8 Å². The largest absolute Gasteiger partial charge is 0.497 e. The van der Waals surface area contributed by atoms with Crippen molar-refractivity contribution >= 4 is 11.6 Å². The van der Waals surface area contributed by atoms with E-state index in [1.165, 1.54) is 0 Å². The van der Waals surface area contributed by atoms with Crippen LogP contribution in [-0.4, -0.2) is 13.0 Å². The number of amides is 1. The van der Waals surface area contributed by atoms with Gasteiger partial charge in [-0.25, -0.2) is 0 Å². The summed E-state index contributed by atoms with van der Waals surface area (Å²) in [6.07, 6.45) is 4.37. The lowest BCUT2D eigenvalue weighted by atomic mass is 9.80. The number of nitrogens with one attached hydrogen (secondary N) is 1. The summed E-state index contributed by atoms with van der Waals surface area (Å²) in [6.45, 7) is 0. The Morgan fingerprint density at radius 1 is 1.12 bits per heavy atom. The molecule has 128 valence electrons. The third-order valence-electron chi connectivity index (χ3n) is 4.92. The van der Waals surface area contributed by atoms with Gasteiger partial charge in [-0.2, -0.15) is 5.26 Å². The molecule has 4 nitrogen and oxygen atoms in total. The van der Waals surface area contributed by atoms with Crippen LogP contribution in [0.15, 0.2) is 48.5 Å². The highest BCUT2D eigenvalue weighted by Crippen LogP contribution is 2.40. The Balaban J connectivity index is 1.62. The molecule has 0 aromatic heterocycles. The first-order chi connectivity index (χ1) is 12.1. The predicted octanol–water partition coefficient (Wildman–Crippen LogP) is 4.21. The van der Waals surface area contributed by atoms with Gasteiger partial charge in [0.25, 0.3) is 0 Å². The fourth-order valence-corrected chi connectivity index (χ4v) is 3.45. The Kier molecular flexibility index (Phi) is 5.04. The van der Waals surface area contributed by atoms with E-state index in [0.29, 0.717) is 6.42 Å². The van der Waals surface area contributed by atoms with Gasteiger partial charge in [-0.15, -0.1) is 0 Å². The van der Waals surface area contributed by atoms with Gasteiger partial charge in [0.1, 0.15) is 5.75 Å². The summed E-state index contributed by atoms with van der Waals surface area (Å²) < 4.78 is 5.12. The number of anilines is 1. The molecule has 0 radical (unpaired) electrons. The average molecular weight is 334 g/mol. The first-order valence-electron chi connectivity index (χ1n) is 8.60.